The molecule has 33 heavy (non-hydrogen) atoms. The number of fused-ring (bicyclic) bond motifs is 1. The van der Waals surface area contributed by atoms with Crippen LogP contribution in [-0.4, -0.2) is 55.7 Å². The molecule has 0 saturated heterocycles. The molecule has 3 rings (SSSR count). The standard InChI is InChI=1S/C25H32N6O2/c1-6-11-31(12-7-2)25-29-23(19(16-26-5)17-27-8-3)18(4)24(30-25)28-20-9-10-21-22(15-20)33-14-13-32-21/h6,9-10,15-17H,1,5,7-8,11-14H2,2-4H3,(H,28,29,30)/b19-16+,27-17?. The molecule has 2 aromatic rings. The maximum Gasteiger partial charge on any atom is 0.228 e. The molecule has 174 valence electrons. The summed E-state index contributed by atoms with van der Waals surface area (Å²) in [5.41, 5.74) is 3.24. The molecule has 0 spiro atoms. The fraction of sp³-hybridized carbons (Fsp3) is 0.360. The van der Waals surface area contributed by atoms with E-state index in [1.807, 2.05) is 38.1 Å². The minimum atomic E-state index is 0.532. The van der Waals surface area contributed by atoms with Crippen molar-refractivity contribution in [3.63, 3.8) is 0 Å². The Morgan fingerprint density at radius 2 is 2.00 bits per heavy atom. The van der Waals surface area contributed by atoms with Gasteiger partial charge in [-0.15, -0.1) is 6.58 Å². The van der Waals surface area contributed by atoms with Crippen molar-refractivity contribution >= 4 is 36.0 Å². The summed E-state index contributed by atoms with van der Waals surface area (Å²) in [6.07, 6.45) is 6.26. The predicted molar refractivity (Wildman–Crippen MR) is 137 cm³/mol. The smallest absolute Gasteiger partial charge is 0.228 e. The number of benzene rings is 1. The first kappa shape index (κ1) is 24.0. The van der Waals surface area contributed by atoms with Crippen molar-refractivity contribution in [3.8, 4) is 11.5 Å². The van der Waals surface area contributed by atoms with Crippen LogP contribution in [0.2, 0.25) is 0 Å². The first-order chi connectivity index (χ1) is 16.1. The van der Waals surface area contributed by atoms with E-state index in [1.165, 1.54) is 0 Å². The molecule has 0 saturated carbocycles. The van der Waals surface area contributed by atoms with Gasteiger partial charge in [0, 0.05) is 54.9 Å². The number of hydrogen-bond donors (Lipinski definition) is 1. The molecule has 1 aliphatic rings. The number of rotatable bonds is 11. The second-order valence-corrected chi connectivity index (χ2v) is 7.46. The highest BCUT2D eigenvalue weighted by molar-refractivity contribution is 6.10. The summed E-state index contributed by atoms with van der Waals surface area (Å²) in [6, 6.07) is 5.77. The number of hydrogen-bond acceptors (Lipinski definition) is 8. The molecule has 1 aliphatic heterocycles. The van der Waals surface area contributed by atoms with Crippen LogP contribution in [0.1, 0.15) is 31.5 Å². The van der Waals surface area contributed by atoms with E-state index < -0.39 is 0 Å². The molecule has 0 unspecified atom stereocenters. The van der Waals surface area contributed by atoms with Gasteiger partial charge in [-0.1, -0.05) is 13.0 Å². The summed E-state index contributed by atoms with van der Waals surface area (Å²) in [7, 11) is 0. The lowest BCUT2D eigenvalue weighted by Gasteiger charge is -2.23. The van der Waals surface area contributed by atoms with Gasteiger partial charge in [0.25, 0.3) is 0 Å². The van der Waals surface area contributed by atoms with E-state index in [4.69, 9.17) is 19.4 Å². The number of aromatic nitrogens is 2. The molecule has 0 atom stereocenters. The monoisotopic (exact) mass is 448 g/mol. The fourth-order valence-electron chi connectivity index (χ4n) is 3.45. The van der Waals surface area contributed by atoms with Crippen molar-refractivity contribution in [3.05, 3.63) is 48.3 Å². The lowest BCUT2D eigenvalue weighted by Crippen LogP contribution is -2.27. The molecule has 2 heterocycles. The Balaban J connectivity index is 2.10. The van der Waals surface area contributed by atoms with Crippen molar-refractivity contribution in [2.45, 2.75) is 27.2 Å². The summed E-state index contributed by atoms with van der Waals surface area (Å²) in [5, 5.41) is 3.44. The number of nitrogens with zero attached hydrogens (tertiary/aromatic N) is 5. The van der Waals surface area contributed by atoms with Crippen molar-refractivity contribution in [1.82, 2.24) is 9.97 Å². The minimum absolute atomic E-state index is 0.532. The van der Waals surface area contributed by atoms with Gasteiger partial charge in [-0.3, -0.25) is 9.98 Å². The van der Waals surface area contributed by atoms with E-state index in [-0.39, 0.29) is 0 Å². The van der Waals surface area contributed by atoms with Gasteiger partial charge in [0.15, 0.2) is 11.5 Å². The van der Waals surface area contributed by atoms with Gasteiger partial charge < -0.3 is 19.7 Å². The number of anilines is 3. The third-order valence-electron chi connectivity index (χ3n) is 4.98. The van der Waals surface area contributed by atoms with Crippen LogP contribution in [0.4, 0.5) is 17.5 Å². The lowest BCUT2D eigenvalue weighted by atomic mass is 10.1. The van der Waals surface area contributed by atoms with Gasteiger partial charge in [0.05, 0.1) is 5.69 Å². The highest BCUT2D eigenvalue weighted by Gasteiger charge is 2.18. The van der Waals surface area contributed by atoms with E-state index in [2.05, 4.69) is 40.4 Å². The highest BCUT2D eigenvalue weighted by Crippen LogP contribution is 2.34. The van der Waals surface area contributed by atoms with Gasteiger partial charge in [-0.05, 0) is 39.1 Å². The molecule has 8 heteroatoms. The Morgan fingerprint density at radius 3 is 2.70 bits per heavy atom. The van der Waals surface area contributed by atoms with Crippen molar-refractivity contribution in [2.24, 2.45) is 9.98 Å². The van der Waals surface area contributed by atoms with Crippen LogP contribution in [0.3, 0.4) is 0 Å². The van der Waals surface area contributed by atoms with Crippen molar-refractivity contribution in [2.75, 3.05) is 43.1 Å². The molecule has 1 aromatic carbocycles. The van der Waals surface area contributed by atoms with Crippen LogP contribution in [0.5, 0.6) is 11.5 Å². The summed E-state index contributed by atoms with van der Waals surface area (Å²) in [4.78, 5) is 20.2. The molecule has 8 nitrogen and oxygen atoms in total. The molecular formula is C25H32N6O2. The Labute approximate surface area is 195 Å². The topological polar surface area (TPSA) is 84.2 Å². The van der Waals surface area contributed by atoms with Crippen molar-refractivity contribution < 1.29 is 9.47 Å². The number of aliphatic imine (C=N–C) groups is 2. The van der Waals surface area contributed by atoms with Crippen molar-refractivity contribution in [1.29, 1.82) is 0 Å². The van der Waals surface area contributed by atoms with Crippen LogP contribution in [0.15, 0.2) is 47.0 Å². The average molecular weight is 449 g/mol. The van der Waals surface area contributed by atoms with Crippen LogP contribution < -0.4 is 19.7 Å². The zero-order valence-corrected chi connectivity index (χ0v) is 19.7. The first-order valence-electron chi connectivity index (χ1n) is 11.2. The van der Waals surface area contributed by atoms with Gasteiger partial charge in [-0.25, -0.2) is 4.98 Å². The quantitative estimate of drug-likeness (QED) is 0.391. The maximum absolute atomic E-state index is 5.73. The largest absolute Gasteiger partial charge is 0.486 e. The Morgan fingerprint density at radius 1 is 1.21 bits per heavy atom. The first-order valence-corrected chi connectivity index (χ1v) is 11.2. The molecule has 0 aliphatic carbocycles. The molecule has 0 fully saturated rings. The van der Waals surface area contributed by atoms with E-state index in [1.54, 1.807) is 12.4 Å². The fourth-order valence-corrected chi connectivity index (χ4v) is 3.45. The molecule has 0 bridgehead atoms. The van der Waals surface area contributed by atoms with Gasteiger partial charge in [-0.2, -0.15) is 4.98 Å². The van der Waals surface area contributed by atoms with E-state index >= 15 is 0 Å². The third kappa shape index (κ3) is 5.97. The zero-order chi connectivity index (χ0) is 23.6. The van der Waals surface area contributed by atoms with Gasteiger partial charge >= 0.3 is 0 Å². The lowest BCUT2D eigenvalue weighted by molar-refractivity contribution is 0.171. The second-order valence-electron chi connectivity index (χ2n) is 7.46. The Kier molecular flexibility index (Phi) is 8.57. The average Bonchev–Trinajstić information content (AvgIpc) is 2.83. The zero-order valence-electron chi connectivity index (χ0n) is 19.7. The summed E-state index contributed by atoms with van der Waals surface area (Å²) in [6.45, 7) is 16.8. The molecular weight excluding hydrogens is 416 g/mol. The normalized spacial score (nSPS) is 13.1. The third-order valence-corrected chi connectivity index (χ3v) is 4.98. The van der Waals surface area contributed by atoms with Crippen LogP contribution >= 0.6 is 0 Å². The van der Waals surface area contributed by atoms with E-state index in [9.17, 15) is 0 Å². The minimum Gasteiger partial charge on any atom is -0.486 e. The molecule has 1 N–H and O–H groups in total. The van der Waals surface area contributed by atoms with Crippen LogP contribution in [0.25, 0.3) is 5.57 Å². The Bertz CT molecular complexity index is 1050. The Hall–Kier alpha value is -3.68. The predicted octanol–water partition coefficient (Wildman–Crippen LogP) is 4.83. The molecule has 1 aromatic heterocycles. The number of nitrogens with one attached hydrogen (secondary N) is 1. The number of allylic oxidation sites excluding steroid dienone is 1. The highest BCUT2D eigenvalue weighted by atomic mass is 16.6. The van der Waals surface area contributed by atoms with Gasteiger partial charge in [0.2, 0.25) is 5.95 Å². The summed E-state index contributed by atoms with van der Waals surface area (Å²) < 4.78 is 11.4. The number of ether oxygens (including phenoxy) is 2. The van der Waals surface area contributed by atoms with Crippen LogP contribution in [0, 0.1) is 6.92 Å². The summed E-state index contributed by atoms with van der Waals surface area (Å²) >= 11 is 0. The molecule has 0 amide bonds. The van der Waals surface area contributed by atoms with Crippen LogP contribution in [-0.2, 0) is 0 Å². The maximum atomic E-state index is 5.73. The summed E-state index contributed by atoms with van der Waals surface area (Å²) in [5.74, 6) is 2.75. The van der Waals surface area contributed by atoms with E-state index in [0.717, 1.165) is 41.2 Å². The van der Waals surface area contributed by atoms with E-state index in [0.29, 0.717) is 43.8 Å². The molecule has 0 radical (unpaired) electrons. The SMILES string of the molecule is C=CCN(CCC)c1nc(Nc2ccc3c(c2)OCCO3)c(C)c(/C(C=NCC)=C/N=C)n1. The second kappa shape index (κ2) is 11.8. The van der Waals surface area contributed by atoms with Gasteiger partial charge in [0.1, 0.15) is 19.0 Å².